The number of hydrogen-bond acceptors (Lipinski definition) is 5. The van der Waals surface area contributed by atoms with Crippen molar-refractivity contribution in [3.8, 4) is 16.9 Å². The largest absolute Gasteiger partial charge is 0.494 e. The molecule has 2 aromatic heterocycles. The molecule has 1 aliphatic heterocycles. The lowest BCUT2D eigenvalue weighted by atomic mass is 10.0. The molecule has 1 amide bonds. The normalized spacial score (nSPS) is 21.2. The average Bonchev–Trinajstić information content (AvgIpc) is 3.28. The summed E-state index contributed by atoms with van der Waals surface area (Å²) in [5.74, 6) is 0.726. The van der Waals surface area contributed by atoms with Crippen LogP contribution in [0.15, 0.2) is 24.5 Å². The summed E-state index contributed by atoms with van der Waals surface area (Å²) in [6.45, 7) is 0. The third kappa shape index (κ3) is 2.85. The second kappa shape index (κ2) is 6.68. The highest BCUT2D eigenvalue weighted by atomic mass is 19.3. The van der Waals surface area contributed by atoms with Gasteiger partial charge in [-0.15, -0.1) is 0 Å². The molecule has 0 N–H and O–H groups in total. The van der Waals surface area contributed by atoms with E-state index < -0.39 is 12.1 Å². The van der Waals surface area contributed by atoms with Gasteiger partial charge in [-0.2, -0.15) is 0 Å². The minimum absolute atomic E-state index is 0.0203. The molecule has 1 aliphatic carbocycles. The number of fused-ring (bicyclic) bond motifs is 2. The van der Waals surface area contributed by atoms with E-state index in [2.05, 4.69) is 9.97 Å². The van der Waals surface area contributed by atoms with Crippen LogP contribution in [0, 0.1) is 5.92 Å². The van der Waals surface area contributed by atoms with Crippen molar-refractivity contribution >= 4 is 18.0 Å². The van der Waals surface area contributed by atoms with Crippen molar-refractivity contribution in [2.24, 2.45) is 5.92 Å². The van der Waals surface area contributed by atoms with Crippen LogP contribution >= 0.6 is 0 Å². The third-order valence-electron chi connectivity index (χ3n) is 5.27. The smallest absolute Gasteiger partial charge is 0.280 e. The number of aldehydes is 1. The minimum Gasteiger partial charge on any atom is -0.494 e. The molecule has 4 rings (SSSR count). The van der Waals surface area contributed by atoms with Gasteiger partial charge in [0, 0.05) is 34.8 Å². The van der Waals surface area contributed by atoms with Crippen LogP contribution in [0.25, 0.3) is 11.1 Å². The molecule has 2 atom stereocenters. The molecule has 1 unspecified atom stereocenters. The van der Waals surface area contributed by atoms with Gasteiger partial charge in [0.1, 0.15) is 17.3 Å². The first kappa shape index (κ1) is 17.5. The molecule has 140 valence electrons. The average molecular weight is 373 g/mol. The number of pyridine rings is 2. The molecule has 2 bridgehead atoms. The summed E-state index contributed by atoms with van der Waals surface area (Å²) in [5, 5.41) is 0. The highest BCUT2D eigenvalue weighted by Gasteiger charge is 2.45. The molecular weight excluding hydrogens is 356 g/mol. The van der Waals surface area contributed by atoms with Gasteiger partial charge in [-0.1, -0.05) is 0 Å². The molecule has 2 fully saturated rings. The van der Waals surface area contributed by atoms with Gasteiger partial charge in [0.25, 0.3) is 6.43 Å². The maximum absolute atomic E-state index is 13.1. The van der Waals surface area contributed by atoms with E-state index in [4.69, 9.17) is 4.74 Å². The summed E-state index contributed by atoms with van der Waals surface area (Å²) in [7, 11) is 1.40. The third-order valence-corrected chi connectivity index (χ3v) is 5.27. The SMILES string of the molecule is COc1cnc(C(F)F)cc1-c1cc(N2C(=O)C3CC[C@@H]2C3)ncc1C=O. The maximum atomic E-state index is 13.1. The van der Waals surface area contributed by atoms with Gasteiger partial charge in [-0.05, 0) is 31.4 Å². The molecule has 27 heavy (non-hydrogen) atoms. The number of nitrogens with zero attached hydrogens (tertiary/aromatic N) is 3. The Bertz CT molecular complexity index is 919. The van der Waals surface area contributed by atoms with E-state index in [1.54, 1.807) is 11.0 Å². The second-order valence-electron chi connectivity index (χ2n) is 6.73. The number of carbonyl (C=O) groups excluding carboxylic acids is 2. The number of carbonyl (C=O) groups is 2. The summed E-state index contributed by atoms with van der Waals surface area (Å²) in [4.78, 5) is 33.7. The van der Waals surface area contributed by atoms with Crippen molar-refractivity contribution in [2.75, 3.05) is 12.0 Å². The fourth-order valence-corrected chi connectivity index (χ4v) is 3.96. The molecule has 1 saturated heterocycles. The van der Waals surface area contributed by atoms with Crippen LogP contribution in [0.1, 0.15) is 41.7 Å². The Kier molecular flexibility index (Phi) is 4.33. The predicted octanol–water partition coefficient (Wildman–Crippen LogP) is 3.42. The standard InChI is InChI=1S/C19H17F2N3O3/c1-27-16-8-22-15(18(20)21)5-14(16)13-6-17(23-7-11(13)9-25)24-12-3-2-10(4-12)19(24)26/h5-10,12,18H,2-4H2,1H3/t10?,12-/m1/s1. The van der Waals surface area contributed by atoms with Gasteiger partial charge in [0.15, 0.2) is 6.29 Å². The monoisotopic (exact) mass is 373 g/mol. The van der Waals surface area contributed by atoms with E-state index in [-0.39, 0.29) is 29.2 Å². The Balaban J connectivity index is 1.84. The fourth-order valence-electron chi connectivity index (χ4n) is 3.96. The minimum atomic E-state index is -2.76. The number of hydrogen-bond donors (Lipinski definition) is 0. The summed E-state index contributed by atoms with van der Waals surface area (Å²) in [6, 6.07) is 2.89. The number of anilines is 1. The molecule has 0 radical (unpaired) electrons. The molecule has 2 aliphatic rings. The van der Waals surface area contributed by atoms with Crippen LogP contribution in [0.2, 0.25) is 0 Å². The zero-order valence-corrected chi connectivity index (χ0v) is 14.6. The summed E-state index contributed by atoms with van der Waals surface area (Å²) >= 11 is 0. The molecule has 0 spiro atoms. The maximum Gasteiger partial charge on any atom is 0.280 e. The lowest BCUT2D eigenvalue weighted by molar-refractivity contribution is -0.121. The Labute approximate surface area is 154 Å². The van der Waals surface area contributed by atoms with Gasteiger partial charge in [0.2, 0.25) is 5.91 Å². The van der Waals surface area contributed by atoms with Gasteiger partial charge in [-0.3, -0.25) is 19.5 Å². The van der Waals surface area contributed by atoms with E-state index in [0.29, 0.717) is 23.2 Å². The summed E-state index contributed by atoms with van der Waals surface area (Å²) in [6.07, 6.45) is 3.01. The quantitative estimate of drug-likeness (QED) is 0.751. The van der Waals surface area contributed by atoms with Gasteiger partial charge in [0.05, 0.1) is 13.3 Å². The molecule has 6 nitrogen and oxygen atoms in total. The first-order valence-electron chi connectivity index (χ1n) is 8.64. The van der Waals surface area contributed by atoms with E-state index in [1.165, 1.54) is 25.6 Å². The van der Waals surface area contributed by atoms with Crippen molar-refractivity contribution in [2.45, 2.75) is 31.7 Å². The molecular formula is C19H17F2N3O3. The topological polar surface area (TPSA) is 72.4 Å². The Hall–Kier alpha value is -2.90. The van der Waals surface area contributed by atoms with Crippen molar-refractivity contribution < 1.29 is 23.1 Å². The number of amides is 1. The van der Waals surface area contributed by atoms with Crippen molar-refractivity contribution in [1.29, 1.82) is 0 Å². The number of rotatable bonds is 5. The predicted molar refractivity (Wildman–Crippen MR) is 93.0 cm³/mol. The van der Waals surface area contributed by atoms with E-state index in [0.717, 1.165) is 19.3 Å². The van der Waals surface area contributed by atoms with Crippen LogP contribution < -0.4 is 9.64 Å². The van der Waals surface area contributed by atoms with Crippen LogP contribution in [-0.4, -0.2) is 35.3 Å². The molecule has 0 aromatic carbocycles. The highest BCUT2D eigenvalue weighted by molar-refractivity contribution is 5.99. The van der Waals surface area contributed by atoms with Crippen LogP contribution in [0.5, 0.6) is 5.75 Å². The van der Waals surface area contributed by atoms with E-state index in [9.17, 15) is 18.4 Å². The lowest BCUT2D eigenvalue weighted by Crippen LogP contribution is -2.37. The van der Waals surface area contributed by atoms with Crippen molar-refractivity contribution in [3.05, 3.63) is 35.8 Å². The summed E-state index contributed by atoms with van der Waals surface area (Å²) in [5.41, 5.74) is 0.495. The fraction of sp³-hybridized carbons (Fsp3) is 0.368. The molecule has 1 saturated carbocycles. The van der Waals surface area contributed by atoms with Crippen LogP contribution in [0.3, 0.4) is 0 Å². The molecule has 2 aromatic rings. The van der Waals surface area contributed by atoms with Gasteiger partial charge in [-0.25, -0.2) is 13.8 Å². The Morgan fingerprint density at radius 1 is 1.22 bits per heavy atom. The highest BCUT2D eigenvalue weighted by Crippen LogP contribution is 2.42. The molecule has 3 heterocycles. The Morgan fingerprint density at radius 3 is 2.67 bits per heavy atom. The van der Waals surface area contributed by atoms with Gasteiger partial charge >= 0.3 is 0 Å². The molecule has 8 heteroatoms. The number of halogens is 2. The number of aromatic nitrogens is 2. The lowest BCUT2D eigenvalue weighted by Gasteiger charge is -2.26. The van der Waals surface area contributed by atoms with E-state index >= 15 is 0 Å². The van der Waals surface area contributed by atoms with Crippen molar-refractivity contribution in [3.63, 3.8) is 0 Å². The summed E-state index contributed by atoms with van der Waals surface area (Å²) < 4.78 is 31.5. The van der Waals surface area contributed by atoms with Crippen molar-refractivity contribution in [1.82, 2.24) is 9.97 Å². The zero-order valence-electron chi connectivity index (χ0n) is 14.6. The van der Waals surface area contributed by atoms with Crippen LogP contribution in [-0.2, 0) is 4.79 Å². The van der Waals surface area contributed by atoms with E-state index in [1.807, 2.05) is 0 Å². The number of piperidine rings is 1. The van der Waals surface area contributed by atoms with Gasteiger partial charge < -0.3 is 4.74 Å². The zero-order chi connectivity index (χ0) is 19.1. The number of ether oxygens (including phenoxy) is 1. The first-order chi connectivity index (χ1) is 13.0. The second-order valence-corrected chi connectivity index (χ2v) is 6.73. The first-order valence-corrected chi connectivity index (χ1v) is 8.64. The van der Waals surface area contributed by atoms with Crippen LogP contribution in [0.4, 0.5) is 14.6 Å². The number of methoxy groups -OCH3 is 1. The number of alkyl halides is 2. The Morgan fingerprint density at radius 2 is 2.04 bits per heavy atom.